The summed E-state index contributed by atoms with van der Waals surface area (Å²) in [6.45, 7) is 0.538. The van der Waals surface area contributed by atoms with Crippen molar-refractivity contribution in [1.29, 1.82) is 0 Å². The van der Waals surface area contributed by atoms with E-state index >= 15 is 0 Å². The lowest BCUT2D eigenvalue weighted by molar-refractivity contribution is 0.155. The average Bonchev–Trinajstić information content (AvgIpc) is 3.58. The lowest BCUT2D eigenvalue weighted by Crippen LogP contribution is -2.41. The Hall–Kier alpha value is -4.34. The van der Waals surface area contributed by atoms with Crippen LogP contribution in [0.3, 0.4) is 0 Å². The molecular weight excluding hydrogens is 412 g/mol. The van der Waals surface area contributed by atoms with Gasteiger partial charge in [0.2, 0.25) is 18.5 Å². The summed E-state index contributed by atoms with van der Waals surface area (Å²) in [6, 6.07) is 14.0. The number of imidazole rings is 1. The van der Waals surface area contributed by atoms with Crippen LogP contribution in [0.4, 0.5) is 10.5 Å². The van der Waals surface area contributed by atoms with Crippen LogP contribution in [-0.2, 0) is 13.0 Å². The maximum absolute atomic E-state index is 13.1. The summed E-state index contributed by atoms with van der Waals surface area (Å²) in [5, 5.41) is 7.07. The van der Waals surface area contributed by atoms with Crippen molar-refractivity contribution in [2.75, 3.05) is 12.1 Å². The fourth-order valence-electron chi connectivity index (χ4n) is 3.91. The van der Waals surface area contributed by atoms with Crippen LogP contribution in [0, 0.1) is 0 Å². The molecule has 2 aliphatic heterocycles. The molecule has 0 radical (unpaired) electrons. The van der Waals surface area contributed by atoms with Crippen LogP contribution in [0.2, 0.25) is 0 Å². The number of carbonyl (C=O) groups is 1. The number of nitrogens with zero attached hydrogens (tertiary/aromatic N) is 4. The topological polar surface area (TPSA) is 118 Å². The van der Waals surface area contributed by atoms with Crippen LogP contribution >= 0.6 is 0 Å². The Balaban J connectivity index is 1.31. The molecule has 160 valence electrons. The van der Waals surface area contributed by atoms with Gasteiger partial charge in [0.25, 0.3) is 0 Å². The number of urea groups is 1. The second kappa shape index (κ2) is 7.41. The largest absolute Gasteiger partial charge is 0.454 e. The molecule has 10 nitrogen and oxygen atoms in total. The van der Waals surface area contributed by atoms with Gasteiger partial charge in [-0.3, -0.25) is 0 Å². The highest BCUT2D eigenvalue weighted by Gasteiger charge is 2.36. The van der Waals surface area contributed by atoms with Crippen molar-refractivity contribution in [3.63, 3.8) is 0 Å². The first kappa shape index (κ1) is 18.4. The van der Waals surface area contributed by atoms with Gasteiger partial charge >= 0.3 is 6.03 Å². The molecule has 0 aliphatic carbocycles. The molecule has 1 atom stereocenters. The predicted octanol–water partition coefficient (Wildman–Crippen LogP) is 3.52. The lowest BCUT2D eigenvalue weighted by Gasteiger charge is -2.32. The second-order valence-corrected chi connectivity index (χ2v) is 7.50. The number of nitrogens with one attached hydrogen (secondary N) is 2. The summed E-state index contributed by atoms with van der Waals surface area (Å²) >= 11 is 0. The summed E-state index contributed by atoms with van der Waals surface area (Å²) in [7, 11) is 0. The molecule has 0 bridgehead atoms. The third-order valence-corrected chi connectivity index (χ3v) is 5.54. The van der Waals surface area contributed by atoms with Crippen LogP contribution in [0.1, 0.15) is 23.3 Å². The Morgan fingerprint density at radius 3 is 2.91 bits per heavy atom. The highest BCUT2D eigenvalue weighted by Crippen LogP contribution is 2.36. The average molecular weight is 430 g/mol. The van der Waals surface area contributed by atoms with Crippen molar-refractivity contribution < 1.29 is 18.8 Å². The molecule has 2 aromatic heterocycles. The highest BCUT2D eigenvalue weighted by molar-refractivity contribution is 5.89. The van der Waals surface area contributed by atoms with Gasteiger partial charge < -0.3 is 29.2 Å². The number of rotatable bonds is 3. The number of hydrogen-bond acceptors (Lipinski definition) is 7. The zero-order chi connectivity index (χ0) is 21.5. The zero-order valence-corrected chi connectivity index (χ0v) is 16.8. The Morgan fingerprint density at radius 1 is 1.12 bits per heavy atom. The molecule has 2 aliphatic rings. The van der Waals surface area contributed by atoms with Gasteiger partial charge in [0.15, 0.2) is 11.5 Å². The summed E-state index contributed by atoms with van der Waals surface area (Å²) in [6.07, 6.45) is 2.09. The number of H-pyrrole nitrogens is 1. The molecule has 2 aromatic carbocycles. The predicted molar refractivity (Wildman–Crippen MR) is 112 cm³/mol. The number of ether oxygens (including phenoxy) is 2. The first-order chi connectivity index (χ1) is 15.7. The van der Waals surface area contributed by atoms with Crippen LogP contribution in [0.5, 0.6) is 11.5 Å². The molecule has 32 heavy (non-hydrogen) atoms. The molecule has 6 rings (SSSR count). The van der Waals surface area contributed by atoms with Gasteiger partial charge in [-0.25, -0.2) is 9.78 Å². The number of aromatic amines is 1. The minimum Gasteiger partial charge on any atom is -0.454 e. The Kier molecular flexibility index (Phi) is 4.27. The van der Waals surface area contributed by atoms with Crippen molar-refractivity contribution in [2.24, 2.45) is 0 Å². The van der Waals surface area contributed by atoms with E-state index in [1.807, 2.05) is 48.5 Å². The van der Waals surface area contributed by atoms with Crippen molar-refractivity contribution in [3.8, 4) is 22.9 Å². The Morgan fingerprint density at radius 2 is 2.00 bits per heavy atom. The number of hydrogen-bond donors (Lipinski definition) is 2. The van der Waals surface area contributed by atoms with Gasteiger partial charge in [0, 0.05) is 17.7 Å². The summed E-state index contributed by atoms with van der Waals surface area (Å²) in [4.78, 5) is 26.9. The first-order valence-electron chi connectivity index (χ1n) is 10.1. The van der Waals surface area contributed by atoms with Gasteiger partial charge in [-0.05, 0) is 30.3 Å². The summed E-state index contributed by atoms with van der Waals surface area (Å²) in [5.41, 5.74) is 3.21. The molecule has 0 saturated heterocycles. The molecule has 0 fully saturated rings. The Labute approximate surface area is 182 Å². The highest BCUT2D eigenvalue weighted by atomic mass is 16.7. The molecule has 0 spiro atoms. The maximum atomic E-state index is 13.1. The molecule has 0 saturated carbocycles. The second-order valence-electron chi connectivity index (χ2n) is 7.50. The van der Waals surface area contributed by atoms with Crippen molar-refractivity contribution in [1.82, 2.24) is 25.0 Å². The third-order valence-electron chi connectivity index (χ3n) is 5.54. The molecular formula is C22H18N6O4. The van der Waals surface area contributed by atoms with E-state index in [0.29, 0.717) is 41.9 Å². The third kappa shape index (κ3) is 3.22. The summed E-state index contributed by atoms with van der Waals surface area (Å²) in [5.74, 6) is 2.07. The van der Waals surface area contributed by atoms with Crippen LogP contribution < -0.4 is 14.8 Å². The zero-order valence-electron chi connectivity index (χ0n) is 16.8. The quantitative estimate of drug-likeness (QED) is 0.510. The monoisotopic (exact) mass is 430 g/mol. The van der Waals surface area contributed by atoms with Crippen molar-refractivity contribution in [3.05, 3.63) is 72.1 Å². The fraction of sp³-hybridized carbons (Fsp3) is 0.182. The van der Waals surface area contributed by atoms with E-state index in [9.17, 15) is 4.79 Å². The van der Waals surface area contributed by atoms with Gasteiger partial charge in [0.05, 0.1) is 24.3 Å². The van der Waals surface area contributed by atoms with Gasteiger partial charge in [-0.2, -0.15) is 4.98 Å². The van der Waals surface area contributed by atoms with Crippen LogP contribution in [0.15, 0.2) is 59.4 Å². The lowest BCUT2D eigenvalue weighted by atomic mass is 10.0. The molecule has 4 aromatic rings. The van der Waals surface area contributed by atoms with E-state index in [4.69, 9.17) is 14.0 Å². The van der Waals surface area contributed by atoms with E-state index in [1.54, 1.807) is 11.2 Å². The smallest absolute Gasteiger partial charge is 0.322 e. The standard InChI is InChI=1S/C22H18N6O4/c29-22(25-14-4-2-1-3-5-14)28-10-16-15(23-11-24-16)9-17(28)21-26-20(27-32-21)13-6-7-18-19(8-13)31-12-30-18/h1-8,11,17H,9-10,12H2,(H,23,24)(H,25,29)/t17-/m0/s1. The van der Waals surface area contributed by atoms with Gasteiger partial charge in [-0.15, -0.1) is 0 Å². The Bertz CT molecular complexity index is 1280. The number of benzene rings is 2. The molecule has 2 amide bonds. The minimum absolute atomic E-state index is 0.190. The number of anilines is 1. The molecule has 0 unspecified atom stereocenters. The van der Waals surface area contributed by atoms with Crippen LogP contribution in [-0.4, -0.2) is 37.8 Å². The molecule has 4 heterocycles. The van der Waals surface area contributed by atoms with Crippen molar-refractivity contribution in [2.45, 2.75) is 19.0 Å². The van der Waals surface area contributed by atoms with Gasteiger partial charge in [-0.1, -0.05) is 23.4 Å². The van der Waals surface area contributed by atoms with Crippen LogP contribution in [0.25, 0.3) is 11.4 Å². The first-order valence-corrected chi connectivity index (χ1v) is 10.1. The minimum atomic E-state index is -0.454. The van der Waals surface area contributed by atoms with E-state index in [0.717, 1.165) is 17.0 Å². The molecule has 10 heteroatoms. The van der Waals surface area contributed by atoms with E-state index in [2.05, 4.69) is 25.4 Å². The summed E-state index contributed by atoms with van der Waals surface area (Å²) < 4.78 is 16.4. The van der Waals surface area contributed by atoms with E-state index in [1.165, 1.54) is 0 Å². The fourth-order valence-corrected chi connectivity index (χ4v) is 3.91. The number of aromatic nitrogens is 4. The number of amides is 2. The number of para-hydroxylation sites is 1. The molecule has 2 N–H and O–H groups in total. The normalized spacial score (nSPS) is 16.6. The maximum Gasteiger partial charge on any atom is 0.322 e. The van der Waals surface area contributed by atoms with Gasteiger partial charge in [0.1, 0.15) is 6.04 Å². The SMILES string of the molecule is O=C(Nc1ccccc1)N1Cc2[nH]cnc2C[C@H]1c1nc(-c2ccc3c(c2)OCO3)no1. The van der Waals surface area contributed by atoms with E-state index in [-0.39, 0.29) is 12.8 Å². The van der Waals surface area contributed by atoms with E-state index < -0.39 is 6.04 Å². The number of carbonyl (C=O) groups excluding carboxylic acids is 1. The van der Waals surface area contributed by atoms with Crippen molar-refractivity contribution >= 4 is 11.7 Å². The number of fused-ring (bicyclic) bond motifs is 2.